The van der Waals surface area contributed by atoms with Crippen LogP contribution in [-0.4, -0.2) is 58.5 Å². The minimum absolute atomic E-state index is 0.0541. The monoisotopic (exact) mass is 232 g/mol. The first kappa shape index (κ1) is 12.9. The Kier molecular flexibility index (Phi) is 5.21. The highest BCUT2D eigenvalue weighted by Crippen LogP contribution is 1.95. The highest BCUT2D eigenvalue weighted by molar-refractivity contribution is 5.81. The Bertz CT molecular complexity index is 250. The molecule has 1 rings (SSSR count). The summed E-state index contributed by atoms with van der Waals surface area (Å²) in [7, 11) is 2.64. The lowest BCUT2D eigenvalue weighted by Crippen LogP contribution is -3.18. The molecule has 0 unspecified atom stereocenters. The molecule has 16 heavy (non-hydrogen) atoms. The molecule has 1 N–H and O–H groups in total. The summed E-state index contributed by atoms with van der Waals surface area (Å²) in [6, 6.07) is -0.485. The van der Waals surface area contributed by atoms with E-state index in [-0.39, 0.29) is 12.4 Å². The van der Waals surface area contributed by atoms with Crippen molar-refractivity contribution in [2.75, 3.05) is 40.5 Å². The van der Waals surface area contributed by atoms with Gasteiger partial charge in [0, 0.05) is 0 Å². The molecular formula is C10H18NO5+. The van der Waals surface area contributed by atoms with Gasteiger partial charge in [-0.1, -0.05) is 0 Å². The zero-order chi connectivity index (χ0) is 12.0. The maximum absolute atomic E-state index is 11.6. The molecule has 92 valence electrons. The van der Waals surface area contributed by atoms with Crippen molar-refractivity contribution in [1.82, 2.24) is 0 Å². The second-order valence-corrected chi connectivity index (χ2v) is 3.63. The summed E-state index contributed by atoms with van der Waals surface area (Å²) in [5.74, 6) is -0.767. The van der Waals surface area contributed by atoms with Gasteiger partial charge in [-0.25, -0.2) is 4.79 Å². The Morgan fingerprint density at radius 2 is 1.88 bits per heavy atom. The van der Waals surface area contributed by atoms with E-state index >= 15 is 0 Å². The van der Waals surface area contributed by atoms with Crippen LogP contribution in [0, 0.1) is 0 Å². The molecule has 0 radical (unpaired) electrons. The van der Waals surface area contributed by atoms with Gasteiger partial charge in [-0.15, -0.1) is 0 Å². The zero-order valence-corrected chi connectivity index (χ0v) is 9.65. The van der Waals surface area contributed by atoms with Gasteiger partial charge in [0.25, 0.3) is 0 Å². The molecule has 1 saturated heterocycles. The van der Waals surface area contributed by atoms with Crippen molar-refractivity contribution < 1.29 is 28.7 Å². The number of morpholine rings is 1. The minimum Gasteiger partial charge on any atom is -0.469 e. The van der Waals surface area contributed by atoms with Crippen molar-refractivity contribution in [3.63, 3.8) is 0 Å². The number of carbonyl (C=O) groups excluding carboxylic acids is 2. The molecule has 0 aromatic carbocycles. The Balaban J connectivity index is 2.61. The molecule has 0 saturated carbocycles. The summed E-state index contributed by atoms with van der Waals surface area (Å²) in [5.41, 5.74) is 0. The molecule has 1 heterocycles. The summed E-state index contributed by atoms with van der Waals surface area (Å²) >= 11 is 0. The Hall–Kier alpha value is -1.14. The van der Waals surface area contributed by atoms with Crippen LogP contribution in [0.1, 0.15) is 6.42 Å². The van der Waals surface area contributed by atoms with E-state index in [1.165, 1.54) is 14.2 Å². The number of carbonyl (C=O) groups is 2. The molecule has 1 atom stereocenters. The van der Waals surface area contributed by atoms with Gasteiger partial charge >= 0.3 is 11.9 Å². The van der Waals surface area contributed by atoms with Crippen LogP contribution in [0.4, 0.5) is 0 Å². The normalized spacial score (nSPS) is 18.9. The number of hydrogen-bond acceptors (Lipinski definition) is 5. The van der Waals surface area contributed by atoms with E-state index in [1.54, 1.807) is 0 Å². The third kappa shape index (κ3) is 3.46. The highest BCUT2D eigenvalue weighted by Gasteiger charge is 2.34. The lowest BCUT2D eigenvalue weighted by atomic mass is 10.1. The second kappa shape index (κ2) is 6.44. The fourth-order valence-electron chi connectivity index (χ4n) is 1.77. The molecule has 1 aliphatic rings. The van der Waals surface area contributed by atoms with E-state index in [9.17, 15) is 9.59 Å². The molecule has 0 bridgehead atoms. The van der Waals surface area contributed by atoms with Crippen LogP contribution in [0.15, 0.2) is 0 Å². The second-order valence-electron chi connectivity index (χ2n) is 3.63. The van der Waals surface area contributed by atoms with Crippen molar-refractivity contribution in [2.45, 2.75) is 12.5 Å². The van der Waals surface area contributed by atoms with E-state index in [4.69, 9.17) is 9.47 Å². The van der Waals surface area contributed by atoms with Gasteiger partial charge in [-0.3, -0.25) is 4.79 Å². The van der Waals surface area contributed by atoms with Crippen molar-refractivity contribution in [1.29, 1.82) is 0 Å². The number of hydrogen-bond donors (Lipinski definition) is 1. The summed E-state index contributed by atoms with van der Waals surface area (Å²) in [6.45, 7) is 2.61. The topological polar surface area (TPSA) is 66.3 Å². The molecule has 0 aromatic heterocycles. The average molecular weight is 232 g/mol. The van der Waals surface area contributed by atoms with E-state index < -0.39 is 12.0 Å². The van der Waals surface area contributed by atoms with Gasteiger partial charge < -0.3 is 19.1 Å². The number of methoxy groups -OCH3 is 2. The molecule has 6 heteroatoms. The Labute approximate surface area is 94.4 Å². The van der Waals surface area contributed by atoms with Crippen molar-refractivity contribution in [2.24, 2.45) is 0 Å². The SMILES string of the molecule is COC(=O)C[C@@H](C(=O)OC)[NH+]1CCOCC1. The lowest BCUT2D eigenvalue weighted by molar-refractivity contribution is -0.923. The fraction of sp³-hybridized carbons (Fsp3) is 0.800. The molecule has 0 aromatic rings. The van der Waals surface area contributed by atoms with E-state index in [0.29, 0.717) is 26.3 Å². The van der Waals surface area contributed by atoms with Crippen LogP contribution in [0.2, 0.25) is 0 Å². The summed E-state index contributed by atoms with van der Waals surface area (Å²) in [6.07, 6.45) is 0.0541. The van der Waals surface area contributed by atoms with Crippen molar-refractivity contribution in [3.8, 4) is 0 Å². The first-order valence-corrected chi connectivity index (χ1v) is 5.26. The summed E-state index contributed by atoms with van der Waals surface area (Å²) in [4.78, 5) is 23.8. The van der Waals surface area contributed by atoms with Gasteiger partial charge in [-0.2, -0.15) is 0 Å². The average Bonchev–Trinajstić information content (AvgIpc) is 2.35. The molecule has 0 spiro atoms. The van der Waals surface area contributed by atoms with Crippen LogP contribution in [0.25, 0.3) is 0 Å². The van der Waals surface area contributed by atoms with Crippen molar-refractivity contribution >= 4 is 11.9 Å². The molecular weight excluding hydrogens is 214 g/mol. The largest absolute Gasteiger partial charge is 0.469 e. The van der Waals surface area contributed by atoms with Crippen LogP contribution >= 0.6 is 0 Å². The molecule has 0 aliphatic carbocycles. The van der Waals surface area contributed by atoms with Gasteiger partial charge in [0.05, 0.1) is 27.4 Å². The quantitative estimate of drug-likeness (QED) is 0.568. The van der Waals surface area contributed by atoms with Gasteiger partial charge in [0.2, 0.25) is 0 Å². The number of rotatable bonds is 4. The maximum atomic E-state index is 11.6. The first-order valence-electron chi connectivity index (χ1n) is 5.26. The summed E-state index contributed by atoms with van der Waals surface area (Å²) < 4.78 is 14.5. The van der Waals surface area contributed by atoms with Crippen LogP contribution < -0.4 is 4.90 Å². The third-order valence-electron chi connectivity index (χ3n) is 2.71. The maximum Gasteiger partial charge on any atom is 0.365 e. The van der Waals surface area contributed by atoms with Crippen molar-refractivity contribution in [3.05, 3.63) is 0 Å². The fourth-order valence-corrected chi connectivity index (χ4v) is 1.77. The predicted octanol–water partition coefficient (Wildman–Crippen LogP) is -1.99. The van der Waals surface area contributed by atoms with E-state index in [0.717, 1.165) is 4.90 Å². The number of esters is 2. The van der Waals surface area contributed by atoms with E-state index in [2.05, 4.69) is 4.74 Å². The lowest BCUT2D eigenvalue weighted by Gasteiger charge is -2.29. The zero-order valence-electron chi connectivity index (χ0n) is 9.65. The Morgan fingerprint density at radius 3 is 2.38 bits per heavy atom. The number of nitrogens with one attached hydrogen (secondary N) is 1. The smallest absolute Gasteiger partial charge is 0.365 e. The molecule has 6 nitrogen and oxygen atoms in total. The molecule has 1 fully saturated rings. The highest BCUT2D eigenvalue weighted by atomic mass is 16.5. The van der Waals surface area contributed by atoms with Crippen LogP contribution in [0.3, 0.4) is 0 Å². The first-order chi connectivity index (χ1) is 7.69. The van der Waals surface area contributed by atoms with E-state index in [1.807, 2.05) is 0 Å². The van der Waals surface area contributed by atoms with Gasteiger partial charge in [-0.05, 0) is 0 Å². The standard InChI is InChI=1S/C10H17NO5/c1-14-9(12)7-8(10(13)15-2)11-3-5-16-6-4-11/h8H,3-7H2,1-2H3/p+1/t8-/m0/s1. The Morgan fingerprint density at radius 1 is 1.25 bits per heavy atom. The predicted molar refractivity (Wildman–Crippen MR) is 54.0 cm³/mol. The van der Waals surface area contributed by atoms with Crippen LogP contribution in [0.5, 0.6) is 0 Å². The molecule has 1 aliphatic heterocycles. The number of ether oxygens (including phenoxy) is 3. The molecule has 0 amide bonds. The minimum atomic E-state index is -0.485. The van der Waals surface area contributed by atoms with Gasteiger partial charge in [0.15, 0.2) is 6.04 Å². The number of quaternary nitrogens is 1. The summed E-state index contributed by atoms with van der Waals surface area (Å²) in [5, 5.41) is 0. The van der Waals surface area contributed by atoms with Gasteiger partial charge in [0.1, 0.15) is 19.5 Å². The van der Waals surface area contributed by atoms with Crippen LogP contribution in [-0.2, 0) is 23.8 Å². The third-order valence-corrected chi connectivity index (χ3v) is 2.71.